The van der Waals surface area contributed by atoms with Crippen LogP contribution in [0.25, 0.3) is 0 Å². The lowest BCUT2D eigenvalue weighted by molar-refractivity contribution is -0.144. The average molecular weight is 375 g/mol. The summed E-state index contributed by atoms with van der Waals surface area (Å²) in [7, 11) is -1.02. The Morgan fingerprint density at radius 3 is 2.70 bits per heavy atom. The molecule has 1 aromatic rings. The predicted octanol–water partition coefficient (Wildman–Crippen LogP) is 0.551. The fourth-order valence-electron chi connectivity index (χ4n) is 4.03. The van der Waals surface area contributed by atoms with Gasteiger partial charge in [0, 0.05) is 5.92 Å². The van der Waals surface area contributed by atoms with Crippen LogP contribution in [0.3, 0.4) is 0 Å². The van der Waals surface area contributed by atoms with Crippen LogP contribution in [0.1, 0.15) is 35.2 Å². The quantitative estimate of drug-likeness (QED) is 0.658. The number of amides is 1. The van der Waals surface area contributed by atoms with Crippen molar-refractivity contribution in [3.8, 4) is 11.5 Å². The van der Waals surface area contributed by atoms with Gasteiger partial charge >= 0.3 is 13.1 Å². The van der Waals surface area contributed by atoms with Crippen molar-refractivity contribution in [3.63, 3.8) is 0 Å². The Bertz CT molecular complexity index is 764. The second kappa shape index (κ2) is 7.05. The van der Waals surface area contributed by atoms with Crippen molar-refractivity contribution >= 4 is 19.0 Å². The third-order valence-electron chi connectivity index (χ3n) is 5.54. The summed E-state index contributed by atoms with van der Waals surface area (Å²) in [5.41, 5.74) is 0.644. The van der Waals surface area contributed by atoms with E-state index in [4.69, 9.17) is 9.39 Å². The lowest BCUT2D eigenvalue weighted by Crippen LogP contribution is -2.57. The van der Waals surface area contributed by atoms with Gasteiger partial charge in [0.2, 0.25) is 5.91 Å². The van der Waals surface area contributed by atoms with E-state index in [0.29, 0.717) is 45.1 Å². The SMILES string of the molecule is O=C(O)c1c(OC2CN(C(=O)[C@H]3CC[C@@H](O)C3)C2)ccc2c1OB(O)CC2. The zero-order chi connectivity index (χ0) is 19.1. The van der Waals surface area contributed by atoms with Crippen LogP contribution in [0.15, 0.2) is 12.1 Å². The molecule has 0 unspecified atom stereocenters. The van der Waals surface area contributed by atoms with E-state index in [0.717, 1.165) is 5.56 Å². The minimum Gasteiger partial charge on any atom is -0.535 e. The van der Waals surface area contributed by atoms with Gasteiger partial charge < -0.3 is 29.5 Å². The van der Waals surface area contributed by atoms with Crippen molar-refractivity contribution in [2.45, 2.75) is 44.2 Å². The summed E-state index contributed by atoms with van der Waals surface area (Å²) in [5.74, 6) is -0.936. The topological polar surface area (TPSA) is 117 Å². The van der Waals surface area contributed by atoms with Crippen molar-refractivity contribution in [1.82, 2.24) is 4.90 Å². The Kier molecular flexibility index (Phi) is 4.73. The molecule has 1 saturated carbocycles. The molecule has 27 heavy (non-hydrogen) atoms. The first-order valence-electron chi connectivity index (χ1n) is 9.29. The van der Waals surface area contributed by atoms with E-state index < -0.39 is 19.2 Å². The van der Waals surface area contributed by atoms with Crippen LogP contribution in [-0.4, -0.2) is 64.4 Å². The van der Waals surface area contributed by atoms with E-state index >= 15 is 0 Å². The fourth-order valence-corrected chi connectivity index (χ4v) is 4.03. The lowest BCUT2D eigenvalue weighted by Gasteiger charge is -2.40. The van der Waals surface area contributed by atoms with Gasteiger partial charge in [-0.1, -0.05) is 6.07 Å². The Hall–Kier alpha value is -2.26. The lowest BCUT2D eigenvalue weighted by atomic mass is 9.78. The van der Waals surface area contributed by atoms with E-state index in [1.165, 1.54) is 0 Å². The van der Waals surface area contributed by atoms with Gasteiger partial charge in [-0.25, -0.2) is 4.79 Å². The third kappa shape index (κ3) is 3.49. The Morgan fingerprint density at radius 1 is 1.26 bits per heavy atom. The zero-order valence-electron chi connectivity index (χ0n) is 14.8. The van der Waals surface area contributed by atoms with Gasteiger partial charge in [0.25, 0.3) is 0 Å². The Balaban J connectivity index is 1.43. The number of hydrogen-bond acceptors (Lipinski definition) is 6. The number of carboxylic acids is 1. The number of fused-ring (bicyclic) bond motifs is 1. The molecule has 1 saturated heterocycles. The predicted molar refractivity (Wildman–Crippen MR) is 94.9 cm³/mol. The number of aromatic carboxylic acids is 1. The zero-order valence-corrected chi connectivity index (χ0v) is 14.8. The molecule has 0 spiro atoms. The number of aliphatic hydroxyl groups excluding tert-OH is 1. The van der Waals surface area contributed by atoms with E-state index in [1.807, 2.05) is 0 Å². The molecule has 0 bridgehead atoms. The minimum atomic E-state index is -1.18. The van der Waals surface area contributed by atoms with Crippen LogP contribution in [-0.2, 0) is 11.2 Å². The molecule has 4 rings (SSSR count). The number of rotatable bonds is 4. The van der Waals surface area contributed by atoms with E-state index in [-0.39, 0.29) is 35.0 Å². The molecular formula is C18H22BNO7. The molecule has 2 aliphatic heterocycles. The molecule has 0 aromatic heterocycles. The van der Waals surface area contributed by atoms with Crippen LogP contribution in [0.4, 0.5) is 0 Å². The number of nitrogens with zero attached hydrogens (tertiary/aromatic N) is 1. The van der Waals surface area contributed by atoms with Crippen LogP contribution >= 0.6 is 0 Å². The normalized spacial score (nSPS) is 24.8. The van der Waals surface area contributed by atoms with Crippen molar-refractivity contribution < 1.29 is 34.2 Å². The first-order chi connectivity index (χ1) is 12.9. The Labute approximate surface area is 156 Å². The van der Waals surface area contributed by atoms with Gasteiger partial charge in [0.1, 0.15) is 23.2 Å². The minimum absolute atomic E-state index is 0.0294. The van der Waals surface area contributed by atoms with E-state index in [9.17, 15) is 24.8 Å². The van der Waals surface area contributed by atoms with Gasteiger partial charge in [-0.3, -0.25) is 4.79 Å². The summed E-state index contributed by atoms with van der Waals surface area (Å²) in [4.78, 5) is 25.8. The molecule has 1 aliphatic carbocycles. The van der Waals surface area contributed by atoms with Gasteiger partial charge in [-0.05, 0) is 43.6 Å². The maximum Gasteiger partial charge on any atom is 0.522 e. The molecule has 8 nitrogen and oxygen atoms in total. The molecule has 0 radical (unpaired) electrons. The summed E-state index contributed by atoms with van der Waals surface area (Å²) in [6.07, 6.45) is 2.15. The van der Waals surface area contributed by atoms with Crippen molar-refractivity contribution in [2.24, 2.45) is 5.92 Å². The average Bonchev–Trinajstić information content (AvgIpc) is 3.02. The summed E-state index contributed by atoms with van der Waals surface area (Å²) >= 11 is 0. The number of aryl methyl sites for hydroxylation is 1. The second-order valence-corrected chi connectivity index (χ2v) is 7.49. The van der Waals surface area contributed by atoms with Crippen LogP contribution in [0.2, 0.25) is 6.32 Å². The number of benzene rings is 1. The highest BCUT2D eigenvalue weighted by atomic mass is 16.5. The number of aliphatic hydroxyl groups is 1. The number of carboxylic acid groups (broad SMARTS) is 1. The first-order valence-corrected chi connectivity index (χ1v) is 9.29. The maximum absolute atomic E-state index is 12.4. The summed E-state index contributed by atoms with van der Waals surface area (Å²) < 4.78 is 11.2. The summed E-state index contributed by atoms with van der Waals surface area (Å²) in [6.45, 7) is 0.788. The summed E-state index contributed by atoms with van der Waals surface area (Å²) in [5, 5.41) is 28.9. The number of likely N-dealkylation sites (tertiary alicyclic amines) is 1. The molecule has 3 N–H and O–H groups in total. The smallest absolute Gasteiger partial charge is 0.522 e. The fraction of sp³-hybridized carbons (Fsp3) is 0.556. The maximum atomic E-state index is 12.4. The molecule has 1 amide bonds. The molecule has 2 atom stereocenters. The molecule has 2 heterocycles. The van der Waals surface area contributed by atoms with Gasteiger partial charge in [0.15, 0.2) is 0 Å². The number of carbonyl (C=O) groups excluding carboxylic acids is 1. The largest absolute Gasteiger partial charge is 0.535 e. The highest BCUT2D eigenvalue weighted by Crippen LogP contribution is 2.37. The molecule has 9 heteroatoms. The van der Waals surface area contributed by atoms with Crippen molar-refractivity contribution in [3.05, 3.63) is 23.3 Å². The van der Waals surface area contributed by atoms with Crippen LogP contribution < -0.4 is 9.39 Å². The van der Waals surface area contributed by atoms with Crippen LogP contribution in [0, 0.1) is 5.92 Å². The summed E-state index contributed by atoms with van der Waals surface area (Å²) in [6, 6.07) is 3.37. The third-order valence-corrected chi connectivity index (χ3v) is 5.54. The van der Waals surface area contributed by atoms with E-state index in [2.05, 4.69) is 0 Å². The first kappa shape index (κ1) is 18.1. The Morgan fingerprint density at radius 2 is 2.04 bits per heavy atom. The van der Waals surface area contributed by atoms with Crippen LogP contribution in [0.5, 0.6) is 11.5 Å². The molecule has 1 aromatic carbocycles. The van der Waals surface area contributed by atoms with E-state index in [1.54, 1.807) is 17.0 Å². The van der Waals surface area contributed by atoms with Gasteiger partial charge in [0.05, 0.1) is 19.2 Å². The number of carbonyl (C=O) groups is 2. The van der Waals surface area contributed by atoms with Gasteiger partial charge in [-0.2, -0.15) is 0 Å². The van der Waals surface area contributed by atoms with Gasteiger partial charge in [-0.15, -0.1) is 0 Å². The monoisotopic (exact) mass is 375 g/mol. The molecule has 2 fully saturated rings. The van der Waals surface area contributed by atoms with Crippen molar-refractivity contribution in [2.75, 3.05) is 13.1 Å². The molecule has 3 aliphatic rings. The highest BCUT2D eigenvalue weighted by Gasteiger charge is 2.39. The number of ether oxygens (including phenoxy) is 1. The number of hydrogen-bond donors (Lipinski definition) is 3. The highest BCUT2D eigenvalue weighted by molar-refractivity contribution is 6.44. The molecular weight excluding hydrogens is 353 g/mol. The van der Waals surface area contributed by atoms with Crippen molar-refractivity contribution in [1.29, 1.82) is 0 Å². The molecule has 144 valence electrons. The standard InChI is InChI=1S/C18H22BNO7/c21-12-3-1-11(7-12)17(22)20-8-13(9-20)26-14-4-2-10-5-6-19(25)27-16(10)15(14)18(23)24/h2,4,11-13,21,25H,1,3,5-9H2,(H,23,24)/t11-,12+/m0/s1. The second-order valence-electron chi connectivity index (χ2n) is 7.49.